The first-order valence-corrected chi connectivity index (χ1v) is 4.05. The molecule has 1 atom stereocenters. The molecule has 3 heteroatoms. The number of nitrogens with two attached hydrogens (primary N) is 1. The predicted octanol–water partition coefficient (Wildman–Crippen LogP) is 1.80. The lowest BCUT2D eigenvalue weighted by molar-refractivity contribution is 0.561. The first-order valence-electron chi connectivity index (χ1n) is 4.05. The quantitative estimate of drug-likeness (QED) is 0.684. The van der Waals surface area contributed by atoms with Crippen LogP contribution in [0.15, 0.2) is 12.3 Å². The highest BCUT2D eigenvalue weighted by molar-refractivity contribution is 5.26. The van der Waals surface area contributed by atoms with Crippen molar-refractivity contribution in [3.8, 4) is 0 Å². The summed E-state index contributed by atoms with van der Waals surface area (Å²) in [6.07, 6.45) is 2.09. The monoisotopic (exact) mass is 168 g/mol. The Morgan fingerprint density at radius 2 is 2.33 bits per heavy atom. The summed E-state index contributed by atoms with van der Waals surface area (Å²) in [5, 5.41) is 0. The van der Waals surface area contributed by atoms with Gasteiger partial charge in [0.25, 0.3) is 0 Å². The van der Waals surface area contributed by atoms with Crippen LogP contribution in [0.1, 0.15) is 31.0 Å². The largest absolute Gasteiger partial charge is 0.324 e. The standard InChI is InChI=1S/C9H13FN2/c1-3-7-8(6(2)11)4-5-12-9(7)10/h4-6H,3,11H2,1-2H3. The summed E-state index contributed by atoms with van der Waals surface area (Å²) < 4.78 is 13.0. The molecule has 0 saturated heterocycles. The molecule has 0 aliphatic rings. The molecule has 2 nitrogen and oxygen atoms in total. The maximum absolute atomic E-state index is 13.0. The van der Waals surface area contributed by atoms with E-state index in [2.05, 4.69) is 4.98 Å². The topological polar surface area (TPSA) is 38.9 Å². The molecule has 2 N–H and O–H groups in total. The number of hydrogen-bond donors (Lipinski definition) is 1. The van der Waals surface area contributed by atoms with Crippen LogP contribution >= 0.6 is 0 Å². The first-order chi connectivity index (χ1) is 5.66. The Labute approximate surface area is 71.6 Å². The Bertz CT molecular complexity index is 271. The van der Waals surface area contributed by atoms with E-state index in [1.807, 2.05) is 13.8 Å². The second-order valence-electron chi connectivity index (χ2n) is 2.81. The van der Waals surface area contributed by atoms with Gasteiger partial charge in [-0.15, -0.1) is 0 Å². The fourth-order valence-electron chi connectivity index (χ4n) is 1.26. The molecule has 0 bridgehead atoms. The summed E-state index contributed by atoms with van der Waals surface area (Å²) in [6.45, 7) is 3.74. The van der Waals surface area contributed by atoms with Crippen LogP contribution in [0.25, 0.3) is 0 Å². The third-order valence-corrected chi connectivity index (χ3v) is 1.88. The van der Waals surface area contributed by atoms with Gasteiger partial charge in [-0.3, -0.25) is 0 Å². The fraction of sp³-hybridized carbons (Fsp3) is 0.444. The van der Waals surface area contributed by atoms with Gasteiger partial charge in [-0.25, -0.2) is 4.98 Å². The van der Waals surface area contributed by atoms with Crippen molar-refractivity contribution in [1.82, 2.24) is 4.98 Å². The van der Waals surface area contributed by atoms with Crippen molar-refractivity contribution < 1.29 is 4.39 Å². The summed E-state index contributed by atoms with van der Waals surface area (Å²) >= 11 is 0. The molecular weight excluding hydrogens is 155 g/mol. The van der Waals surface area contributed by atoms with Crippen LogP contribution in [0.5, 0.6) is 0 Å². The third kappa shape index (κ3) is 1.61. The van der Waals surface area contributed by atoms with Crippen molar-refractivity contribution in [3.05, 3.63) is 29.3 Å². The number of hydrogen-bond acceptors (Lipinski definition) is 2. The zero-order chi connectivity index (χ0) is 9.14. The van der Waals surface area contributed by atoms with Gasteiger partial charge in [-0.2, -0.15) is 4.39 Å². The Morgan fingerprint density at radius 1 is 1.67 bits per heavy atom. The van der Waals surface area contributed by atoms with Crippen molar-refractivity contribution in [2.45, 2.75) is 26.3 Å². The van der Waals surface area contributed by atoms with Crippen LogP contribution in [0, 0.1) is 5.95 Å². The highest BCUT2D eigenvalue weighted by Crippen LogP contribution is 2.17. The third-order valence-electron chi connectivity index (χ3n) is 1.88. The summed E-state index contributed by atoms with van der Waals surface area (Å²) in [7, 11) is 0. The Hall–Kier alpha value is -0.960. The minimum atomic E-state index is -0.396. The fourth-order valence-corrected chi connectivity index (χ4v) is 1.26. The molecule has 66 valence electrons. The first kappa shape index (κ1) is 9.13. The normalized spacial score (nSPS) is 13.0. The van der Waals surface area contributed by atoms with Crippen LogP contribution in [0.4, 0.5) is 4.39 Å². The van der Waals surface area contributed by atoms with E-state index in [4.69, 9.17) is 5.73 Å². The average molecular weight is 168 g/mol. The highest BCUT2D eigenvalue weighted by atomic mass is 19.1. The van der Waals surface area contributed by atoms with Gasteiger partial charge >= 0.3 is 0 Å². The molecule has 0 fully saturated rings. The molecule has 1 rings (SSSR count). The lowest BCUT2D eigenvalue weighted by atomic mass is 10.0. The van der Waals surface area contributed by atoms with Crippen LogP contribution in [-0.4, -0.2) is 4.98 Å². The van der Waals surface area contributed by atoms with E-state index < -0.39 is 5.95 Å². The van der Waals surface area contributed by atoms with Gasteiger partial charge in [0, 0.05) is 17.8 Å². The molecule has 0 aromatic carbocycles. The van der Waals surface area contributed by atoms with E-state index in [1.165, 1.54) is 6.20 Å². The Morgan fingerprint density at radius 3 is 2.75 bits per heavy atom. The lowest BCUT2D eigenvalue weighted by Crippen LogP contribution is -2.10. The maximum atomic E-state index is 13.0. The van der Waals surface area contributed by atoms with Gasteiger partial charge in [0.1, 0.15) is 0 Å². The van der Waals surface area contributed by atoms with Crippen molar-refractivity contribution in [2.75, 3.05) is 0 Å². The number of rotatable bonds is 2. The van der Waals surface area contributed by atoms with Crippen molar-refractivity contribution in [1.29, 1.82) is 0 Å². The molecule has 0 spiro atoms. The van der Waals surface area contributed by atoms with Crippen molar-refractivity contribution in [3.63, 3.8) is 0 Å². The van der Waals surface area contributed by atoms with E-state index in [0.717, 1.165) is 5.56 Å². The van der Waals surface area contributed by atoms with Gasteiger partial charge in [0.05, 0.1) is 0 Å². The van der Waals surface area contributed by atoms with E-state index in [1.54, 1.807) is 6.07 Å². The van der Waals surface area contributed by atoms with E-state index in [0.29, 0.717) is 12.0 Å². The summed E-state index contributed by atoms with van der Waals surface area (Å²) in [5.74, 6) is -0.396. The smallest absolute Gasteiger partial charge is 0.216 e. The SMILES string of the molecule is CCc1c(C(C)N)ccnc1F. The second kappa shape index (κ2) is 3.63. The number of halogens is 1. The second-order valence-corrected chi connectivity index (χ2v) is 2.81. The minimum absolute atomic E-state index is 0.127. The van der Waals surface area contributed by atoms with Crippen molar-refractivity contribution >= 4 is 0 Å². The van der Waals surface area contributed by atoms with E-state index >= 15 is 0 Å². The molecule has 0 aliphatic heterocycles. The summed E-state index contributed by atoms with van der Waals surface area (Å²) in [6, 6.07) is 1.64. The number of nitrogens with zero attached hydrogens (tertiary/aromatic N) is 1. The predicted molar refractivity (Wildman–Crippen MR) is 46.2 cm³/mol. The van der Waals surface area contributed by atoms with Crippen molar-refractivity contribution in [2.24, 2.45) is 5.73 Å². The van der Waals surface area contributed by atoms with Crippen LogP contribution in [0.3, 0.4) is 0 Å². The molecule has 12 heavy (non-hydrogen) atoms. The van der Waals surface area contributed by atoms with Gasteiger partial charge in [-0.05, 0) is 25.0 Å². The van der Waals surface area contributed by atoms with E-state index in [9.17, 15) is 4.39 Å². The number of aromatic nitrogens is 1. The van der Waals surface area contributed by atoms with Gasteiger partial charge < -0.3 is 5.73 Å². The Balaban J connectivity index is 3.18. The molecule has 0 saturated carbocycles. The van der Waals surface area contributed by atoms with Gasteiger partial charge in [0.2, 0.25) is 5.95 Å². The lowest BCUT2D eigenvalue weighted by Gasteiger charge is -2.10. The molecule has 0 amide bonds. The van der Waals surface area contributed by atoms with Crippen LogP contribution in [-0.2, 0) is 6.42 Å². The van der Waals surface area contributed by atoms with Crippen LogP contribution < -0.4 is 5.73 Å². The molecule has 1 heterocycles. The molecular formula is C9H13FN2. The molecule has 1 aromatic heterocycles. The summed E-state index contributed by atoms with van der Waals surface area (Å²) in [5.41, 5.74) is 7.15. The van der Waals surface area contributed by atoms with Gasteiger partial charge in [-0.1, -0.05) is 6.92 Å². The van der Waals surface area contributed by atoms with Crippen LogP contribution in [0.2, 0.25) is 0 Å². The molecule has 1 aromatic rings. The average Bonchev–Trinajstić information content (AvgIpc) is 2.03. The molecule has 0 aliphatic carbocycles. The zero-order valence-corrected chi connectivity index (χ0v) is 7.34. The minimum Gasteiger partial charge on any atom is -0.324 e. The highest BCUT2D eigenvalue weighted by Gasteiger charge is 2.09. The maximum Gasteiger partial charge on any atom is 0.216 e. The van der Waals surface area contributed by atoms with Gasteiger partial charge in [0.15, 0.2) is 0 Å². The molecule has 0 radical (unpaired) electrons. The Kier molecular flexibility index (Phi) is 2.76. The molecule has 1 unspecified atom stereocenters. The summed E-state index contributed by atoms with van der Waals surface area (Å²) in [4.78, 5) is 3.57. The van der Waals surface area contributed by atoms with E-state index in [-0.39, 0.29) is 6.04 Å². The number of pyridine rings is 1. The zero-order valence-electron chi connectivity index (χ0n) is 7.34.